The van der Waals surface area contributed by atoms with Gasteiger partial charge < -0.3 is 15.0 Å². The second-order valence-electron chi connectivity index (χ2n) is 10.2. The van der Waals surface area contributed by atoms with Crippen molar-refractivity contribution in [2.24, 2.45) is 0 Å². The molecule has 1 aromatic heterocycles. The summed E-state index contributed by atoms with van der Waals surface area (Å²) >= 11 is 9.59. The number of aromatic nitrogens is 2. The van der Waals surface area contributed by atoms with Gasteiger partial charge in [0.25, 0.3) is 11.8 Å². The molecule has 0 fully saturated rings. The molecule has 1 aliphatic heterocycles. The first-order valence-electron chi connectivity index (χ1n) is 13.3. The number of benzene rings is 3. The van der Waals surface area contributed by atoms with Crippen molar-refractivity contribution in [1.29, 1.82) is 0 Å². The molecule has 0 atom stereocenters. The molecule has 0 radical (unpaired) electrons. The minimum absolute atomic E-state index is 0.0940. The van der Waals surface area contributed by atoms with Crippen LogP contribution in [-0.2, 0) is 19.6 Å². The van der Waals surface area contributed by atoms with Crippen LogP contribution >= 0.6 is 27.5 Å². The predicted molar refractivity (Wildman–Crippen MR) is 162 cm³/mol. The molecule has 2 heterocycles. The van der Waals surface area contributed by atoms with E-state index in [1.165, 1.54) is 10.1 Å². The van der Waals surface area contributed by atoms with Crippen LogP contribution < -0.4 is 15.7 Å². The van der Waals surface area contributed by atoms with Gasteiger partial charge in [0.2, 0.25) is 0 Å². The van der Waals surface area contributed by atoms with Crippen LogP contribution in [0.5, 0.6) is 5.75 Å². The summed E-state index contributed by atoms with van der Waals surface area (Å²) in [6.45, 7) is 5.21. The van der Waals surface area contributed by atoms with E-state index in [0.29, 0.717) is 51.2 Å². The van der Waals surface area contributed by atoms with E-state index in [1.54, 1.807) is 59.0 Å². The van der Waals surface area contributed by atoms with Crippen molar-refractivity contribution in [3.63, 3.8) is 0 Å². The number of hydrogen-bond donors (Lipinski definition) is 1. The number of halogens is 2. The third kappa shape index (κ3) is 5.83. The van der Waals surface area contributed by atoms with E-state index in [1.807, 2.05) is 12.1 Å². The van der Waals surface area contributed by atoms with Crippen LogP contribution in [-0.4, -0.2) is 39.5 Å². The number of carbonyl (C=O) groups is 2. The Balaban J connectivity index is 1.50. The van der Waals surface area contributed by atoms with Gasteiger partial charge in [-0.05, 0) is 75.4 Å². The molecule has 0 saturated carbocycles. The fraction of sp³-hybridized carbons (Fsp3) is 0.258. The molecule has 1 aliphatic rings. The van der Waals surface area contributed by atoms with Crippen LogP contribution in [0, 0.1) is 0 Å². The van der Waals surface area contributed by atoms with Crippen LogP contribution in [0.1, 0.15) is 57.4 Å². The Morgan fingerprint density at radius 1 is 1.02 bits per heavy atom. The molecule has 0 saturated heterocycles. The number of methoxy groups -OCH3 is 1. The lowest BCUT2D eigenvalue weighted by atomic mass is 10.0. The molecule has 0 spiro atoms. The highest BCUT2D eigenvalue weighted by molar-refractivity contribution is 9.10. The molecule has 2 amide bonds. The Kier molecular flexibility index (Phi) is 8.37. The lowest BCUT2D eigenvalue weighted by molar-refractivity contribution is 0.0706. The van der Waals surface area contributed by atoms with Crippen LogP contribution in [0.4, 0.5) is 0 Å². The largest absolute Gasteiger partial charge is 0.497 e. The van der Waals surface area contributed by atoms with Gasteiger partial charge in [-0.15, -0.1) is 0 Å². The number of fused-ring (bicyclic) bond motifs is 1. The third-order valence-electron chi connectivity index (χ3n) is 7.28. The maximum absolute atomic E-state index is 13.8. The van der Waals surface area contributed by atoms with E-state index in [-0.39, 0.29) is 30.4 Å². The molecule has 3 aromatic carbocycles. The van der Waals surface area contributed by atoms with Crippen molar-refractivity contribution in [1.82, 2.24) is 19.4 Å². The standard InChI is InChI=1S/C31H30BrClN4O4/c1-19(2)21-6-4-20(5-7-21)17-34-29(38)28-27-18-35(30(39)22-8-13-25(32)26(33)16-22)14-15-36(27)31(40)37(28)23-9-11-24(41-3)12-10-23/h4-13,16,19H,14-15,17-18H2,1-3H3,(H,34,38). The van der Waals surface area contributed by atoms with Gasteiger partial charge in [0.1, 0.15) is 11.4 Å². The van der Waals surface area contributed by atoms with Gasteiger partial charge in [-0.3, -0.25) is 18.7 Å². The highest BCUT2D eigenvalue weighted by Crippen LogP contribution is 2.26. The molecule has 8 nitrogen and oxygen atoms in total. The summed E-state index contributed by atoms with van der Waals surface area (Å²) in [5, 5.41) is 3.41. The normalized spacial score (nSPS) is 12.8. The Hall–Kier alpha value is -3.82. The van der Waals surface area contributed by atoms with E-state index in [9.17, 15) is 14.4 Å². The lowest BCUT2D eigenvalue weighted by Gasteiger charge is -2.28. The number of imidazole rings is 1. The zero-order chi connectivity index (χ0) is 29.3. The van der Waals surface area contributed by atoms with Gasteiger partial charge in [0, 0.05) is 29.7 Å². The molecule has 10 heteroatoms. The Morgan fingerprint density at radius 3 is 2.37 bits per heavy atom. The molecule has 0 unspecified atom stereocenters. The second-order valence-corrected chi connectivity index (χ2v) is 11.5. The summed E-state index contributed by atoms with van der Waals surface area (Å²) in [6.07, 6.45) is 0. The molecule has 0 bridgehead atoms. The van der Waals surface area contributed by atoms with Gasteiger partial charge in [-0.25, -0.2) is 4.79 Å². The first-order chi connectivity index (χ1) is 19.7. The Bertz CT molecular complexity index is 1660. The first kappa shape index (κ1) is 28.7. The predicted octanol–water partition coefficient (Wildman–Crippen LogP) is 5.77. The number of nitrogens with one attached hydrogen (secondary N) is 1. The van der Waals surface area contributed by atoms with Gasteiger partial charge in [-0.2, -0.15) is 0 Å². The molecule has 4 aromatic rings. The Labute approximate surface area is 251 Å². The summed E-state index contributed by atoms with van der Waals surface area (Å²) < 4.78 is 8.96. The quantitative estimate of drug-likeness (QED) is 0.279. The second kappa shape index (κ2) is 12.0. The number of nitrogens with zero attached hydrogens (tertiary/aromatic N) is 3. The van der Waals surface area contributed by atoms with Gasteiger partial charge in [0.05, 0.1) is 30.1 Å². The van der Waals surface area contributed by atoms with Crippen molar-refractivity contribution >= 4 is 39.3 Å². The topological polar surface area (TPSA) is 85.6 Å². The fourth-order valence-electron chi connectivity index (χ4n) is 4.94. The first-order valence-corrected chi connectivity index (χ1v) is 14.4. The van der Waals surface area contributed by atoms with Crippen molar-refractivity contribution in [3.8, 4) is 11.4 Å². The highest BCUT2D eigenvalue weighted by atomic mass is 79.9. The molecular weight excluding hydrogens is 608 g/mol. The smallest absolute Gasteiger partial charge is 0.333 e. The molecule has 41 heavy (non-hydrogen) atoms. The van der Waals surface area contributed by atoms with Crippen molar-refractivity contribution in [2.75, 3.05) is 13.7 Å². The molecule has 1 N–H and O–H groups in total. The number of amides is 2. The van der Waals surface area contributed by atoms with E-state index in [2.05, 4.69) is 47.2 Å². The minimum Gasteiger partial charge on any atom is -0.497 e. The van der Waals surface area contributed by atoms with Gasteiger partial charge in [0.15, 0.2) is 0 Å². The Morgan fingerprint density at radius 2 is 1.73 bits per heavy atom. The maximum Gasteiger partial charge on any atom is 0.333 e. The fourth-order valence-corrected chi connectivity index (χ4v) is 5.36. The van der Waals surface area contributed by atoms with E-state index < -0.39 is 5.91 Å². The third-order valence-corrected chi connectivity index (χ3v) is 8.51. The van der Waals surface area contributed by atoms with Crippen LogP contribution in [0.25, 0.3) is 5.69 Å². The van der Waals surface area contributed by atoms with Crippen molar-refractivity contribution in [3.05, 3.63) is 115 Å². The van der Waals surface area contributed by atoms with Gasteiger partial charge in [-0.1, -0.05) is 49.7 Å². The summed E-state index contributed by atoms with van der Waals surface area (Å²) in [5.41, 5.74) is 3.45. The number of rotatable bonds is 7. The maximum atomic E-state index is 13.8. The molecule has 0 aliphatic carbocycles. The van der Waals surface area contributed by atoms with Crippen LogP contribution in [0.2, 0.25) is 5.02 Å². The summed E-state index contributed by atoms with van der Waals surface area (Å²) in [6, 6.07) is 20.1. The van der Waals surface area contributed by atoms with Gasteiger partial charge >= 0.3 is 5.69 Å². The number of ether oxygens (including phenoxy) is 1. The molecule has 5 rings (SSSR count). The monoisotopic (exact) mass is 636 g/mol. The van der Waals surface area contributed by atoms with E-state index in [0.717, 1.165) is 5.56 Å². The van der Waals surface area contributed by atoms with Crippen molar-refractivity contribution < 1.29 is 14.3 Å². The molecule has 212 valence electrons. The number of carbonyl (C=O) groups excluding carboxylic acids is 2. The molecular formula is C31H30BrClN4O4. The summed E-state index contributed by atoms with van der Waals surface area (Å²) in [5.74, 6) is 0.406. The van der Waals surface area contributed by atoms with Crippen molar-refractivity contribution in [2.45, 2.75) is 39.4 Å². The SMILES string of the molecule is COc1ccc(-n2c(C(=O)NCc3ccc(C(C)C)cc3)c3n(c2=O)CCN(C(=O)c2ccc(Br)c(Cl)c2)C3)cc1. The zero-order valence-corrected chi connectivity index (χ0v) is 25.3. The van der Waals surface area contributed by atoms with E-state index in [4.69, 9.17) is 16.3 Å². The lowest BCUT2D eigenvalue weighted by Crippen LogP contribution is -2.41. The minimum atomic E-state index is -0.402. The summed E-state index contributed by atoms with van der Waals surface area (Å²) in [7, 11) is 1.56. The zero-order valence-electron chi connectivity index (χ0n) is 23.0. The average Bonchev–Trinajstić information content (AvgIpc) is 3.28. The summed E-state index contributed by atoms with van der Waals surface area (Å²) in [4.78, 5) is 42.5. The number of hydrogen-bond acceptors (Lipinski definition) is 4. The van der Waals surface area contributed by atoms with Crippen LogP contribution in [0.3, 0.4) is 0 Å². The average molecular weight is 638 g/mol. The highest BCUT2D eigenvalue weighted by Gasteiger charge is 2.32. The van der Waals surface area contributed by atoms with Crippen LogP contribution in [0.15, 0.2) is 76.0 Å². The van der Waals surface area contributed by atoms with E-state index >= 15 is 0 Å².